The number of fused-ring (bicyclic) bond motifs is 2. The minimum Gasteiger partial charge on any atom is -0.543 e. The SMILES string of the molecule is COc1cc(C2=C(C(=O)[O-])N(c3c(C)cccc3C)S(=O)(=O)c3ccccc32)cc2c1OCO2.[Na+]. The molecule has 174 valence electrons. The normalized spacial score (nSPS) is 15.3. The Hall–Kier alpha value is -2.98. The predicted molar refractivity (Wildman–Crippen MR) is 122 cm³/mol. The fraction of sp³-hybridized carbons (Fsp3) is 0.160. The van der Waals surface area contributed by atoms with Gasteiger partial charge in [-0.2, -0.15) is 0 Å². The summed E-state index contributed by atoms with van der Waals surface area (Å²) in [5.41, 5.74) is 1.78. The molecule has 35 heavy (non-hydrogen) atoms. The number of carboxylic acid groups (broad SMARTS) is 1. The maximum absolute atomic E-state index is 13.8. The third kappa shape index (κ3) is 3.88. The molecule has 3 aromatic rings. The van der Waals surface area contributed by atoms with Crippen molar-refractivity contribution >= 4 is 27.3 Å². The minimum atomic E-state index is -4.28. The zero-order valence-corrected chi connectivity index (χ0v) is 22.4. The zero-order valence-electron chi connectivity index (χ0n) is 19.6. The van der Waals surface area contributed by atoms with Gasteiger partial charge in [0.15, 0.2) is 11.5 Å². The second-order valence-corrected chi connectivity index (χ2v) is 9.68. The van der Waals surface area contributed by atoms with Gasteiger partial charge in [-0.3, -0.25) is 0 Å². The number of carbonyl (C=O) groups excluding carboxylic acids is 1. The summed E-state index contributed by atoms with van der Waals surface area (Å²) in [6, 6.07) is 14.7. The summed E-state index contributed by atoms with van der Waals surface area (Å²) >= 11 is 0. The molecule has 3 aromatic carbocycles. The number of aryl methyl sites for hydroxylation is 2. The van der Waals surface area contributed by atoms with Crippen LogP contribution in [0.25, 0.3) is 5.57 Å². The molecule has 0 bridgehead atoms. The molecule has 5 rings (SSSR count). The molecule has 0 unspecified atom stereocenters. The van der Waals surface area contributed by atoms with Crippen LogP contribution in [0.4, 0.5) is 5.69 Å². The molecule has 10 heteroatoms. The molecule has 0 fully saturated rings. The van der Waals surface area contributed by atoms with Gasteiger partial charge in [0, 0.05) is 11.1 Å². The van der Waals surface area contributed by atoms with E-state index >= 15 is 0 Å². The van der Waals surface area contributed by atoms with Crippen molar-refractivity contribution < 1.29 is 62.1 Å². The van der Waals surface area contributed by atoms with Crippen LogP contribution in [0.5, 0.6) is 17.2 Å². The van der Waals surface area contributed by atoms with Crippen molar-refractivity contribution in [2.75, 3.05) is 18.2 Å². The third-order valence-electron chi connectivity index (χ3n) is 5.90. The van der Waals surface area contributed by atoms with E-state index in [0.29, 0.717) is 33.9 Å². The smallest absolute Gasteiger partial charge is 0.543 e. The van der Waals surface area contributed by atoms with E-state index in [1.807, 2.05) is 0 Å². The van der Waals surface area contributed by atoms with E-state index in [0.717, 1.165) is 4.31 Å². The van der Waals surface area contributed by atoms with E-state index < -0.39 is 21.7 Å². The molecule has 0 spiro atoms. The van der Waals surface area contributed by atoms with Crippen LogP contribution in [0.2, 0.25) is 0 Å². The van der Waals surface area contributed by atoms with Crippen molar-refractivity contribution in [2.24, 2.45) is 0 Å². The van der Waals surface area contributed by atoms with E-state index in [1.54, 1.807) is 62.4 Å². The molecule has 0 saturated carbocycles. The largest absolute Gasteiger partial charge is 1.00 e. The first kappa shape index (κ1) is 25.1. The van der Waals surface area contributed by atoms with Gasteiger partial charge in [0.2, 0.25) is 12.5 Å². The number of carboxylic acids is 1. The van der Waals surface area contributed by atoms with Crippen molar-refractivity contribution in [1.29, 1.82) is 0 Å². The number of methoxy groups -OCH3 is 1. The molecule has 0 aromatic heterocycles. The van der Waals surface area contributed by atoms with Gasteiger partial charge in [0.05, 0.1) is 29.4 Å². The Balaban J connectivity index is 0.00000289. The summed E-state index contributed by atoms with van der Waals surface area (Å²) < 4.78 is 45.0. The average molecular weight is 501 g/mol. The van der Waals surface area contributed by atoms with E-state index in [1.165, 1.54) is 13.2 Å². The summed E-state index contributed by atoms with van der Waals surface area (Å²) in [4.78, 5) is 12.6. The van der Waals surface area contributed by atoms with Crippen LogP contribution in [-0.4, -0.2) is 28.3 Å². The zero-order chi connectivity index (χ0) is 24.2. The van der Waals surface area contributed by atoms with E-state index in [4.69, 9.17) is 14.2 Å². The van der Waals surface area contributed by atoms with Crippen LogP contribution >= 0.6 is 0 Å². The first-order valence-electron chi connectivity index (χ1n) is 10.4. The number of rotatable bonds is 4. The van der Waals surface area contributed by atoms with Gasteiger partial charge >= 0.3 is 29.6 Å². The molecule has 0 radical (unpaired) electrons. The van der Waals surface area contributed by atoms with Gasteiger partial charge in [-0.05, 0) is 48.7 Å². The molecular weight excluding hydrogens is 481 g/mol. The Morgan fingerprint density at radius 1 is 1.03 bits per heavy atom. The van der Waals surface area contributed by atoms with Gasteiger partial charge in [-0.1, -0.05) is 36.4 Å². The number of anilines is 1. The van der Waals surface area contributed by atoms with Gasteiger partial charge in [-0.15, -0.1) is 0 Å². The summed E-state index contributed by atoms with van der Waals surface area (Å²) in [7, 11) is -2.82. The molecule has 0 aliphatic carbocycles. The first-order chi connectivity index (χ1) is 16.3. The number of benzene rings is 3. The fourth-order valence-electron chi connectivity index (χ4n) is 4.45. The monoisotopic (exact) mass is 501 g/mol. The number of nitrogens with zero attached hydrogens (tertiary/aromatic N) is 1. The van der Waals surface area contributed by atoms with Crippen molar-refractivity contribution in [1.82, 2.24) is 0 Å². The second-order valence-electron chi connectivity index (χ2n) is 7.93. The van der Waals surface area contributed by atoms with E-state index in [9.17, 15) is 18.3 Å². The van der Waals surface area contributed by atoms with Crippen LogP contribution in [0, 0.1) is 13.8 Å². The maximum Gasteiger partial charge on any atom is 1.00 e. The second kappa shape index (κ2) is 9.23. The Labute approximate surface area is 225 Å². The molecule has 2 heterocycles. The van der Waals surface area contributed by atoms with Crippen molar-refractivity contribution in [3.8, 4) is 17.2 Å². The van der Waals surface area contributed by atoms with E-state index in [-0.39, 0.29) is 58.1 Å². The number of sulfonamides is 1. The fourth-order valence-corrected chi connectivity index (χ4v) is 6.28. The van der Waals surface area contributed by atoms with Crippen LogP contribution in [0.15, 0.2) is 65.2 Å². The maximum atomic E-state index is 13.8. The number of ether oxygens (including phenoxy) is 3. The van der Waals surface area contributed by atoms with Crippen molar-refractivity contribution in [3.63, 3.8) is 0 Å². The number of hydrogen-bond acceptors (Lipinski definition) is 7. The van der Waals surface area contributed by atoms with Gasteiger partial charge < -0.3 is 24.1 Å². The first-order valence-corrected chi connectivity index (χ1v) is 11.8. The predicted octanol–water partition coefficient (Wildman–Crippen LogP) is -0.237. The molecule has 0 saturated heterocycles. The summed E-state index contributed by atoms with van der Waals surface area (Å²) in [5, 5.41) is 12.7. The molecule has 8 nitrogen and oxygen atoms in total. The third-order valence-corrected chi connectivity index (χ3v) is 7.66. The Kier molecular flexibility index (Phi) is 6.63. The quantitative estimate of drug-likeness (QED) is 0.455. The standard InChI is InChI=1S/C25H21NO7S.Na/c1-14-7-6-8-15(2)22(14)26-23(25(27)28)21(17-9-4-5-10-20(17)34(26,29)30)16-11-18(31-3)24-19(12-16)32-13-33-24;/h4-12H,13H2,1-3H3,(H,27,28);/q;+1/p-1. The van der Waals surface area contributed by atoms with Crippen molar-refractivity contribution in [3.05, 3.63) is 82.5 Å². The number of hydrogen-bond donors (Lipinski definition) is 0. The summed E-state index contributed by atoms with van der Waals surface area (Å²) in [6.45, 7) is 3.45. The molecule has 0 N–H and O–H groups in total. The number of carbonyl (C=O) groups is 1. The summed E-state index contributed by atoms with van der Waals surface area (Å²) in [6.07, 6.45) is 0. The van der Waals surface area contributed by atoms with Crippen LogP contribution in [0.1, 0.15) is 22.3 Å². The van der Waals surface area contributed by atoms with Crippen molar-refractivity contribution in [2.45, 2.75) is 18.7 Å². The topological polar surface area (TPSA) is 105 Å². The van der Waals surface area contributed by atoms with Gasteiger partial charge in [0.25, 0.3) is 10.0 Å². The number of para-hydroxylation sites is 1. The van der Waals surface area contributed by atoms with Crippen LogP contribution in [-0.2, 0) is 14.8 Å². The molecule has 0 atom stereocenters. The minimum absolute atomic E-state index is 0. The van der Waals surface area contributed by atoms with Gasteiger partial charge in [-0.25, -0.2) is 12.7 Å². The van der Waals surface area contributed by atoms with Crippen LogP contribution in [0.3, 0.4) is 0 Å². The van der Waals surface area contributed by atoms with Gasteiger partial charge in [0.1, 0.15) is 0 Å². The molecule has 2 aliphatic heterocycles. The Bertz CT molecular complexity index is 1480. The molecule has 0 amide bonds. The Morgan fingerprint density at radius 3 is 2.37 bits per heavy atom. The summed E-state index contributed by atoms with van der Waals surface area (Å²) in [5.74, 6) is -0.540. The average Bonchev–Trinajstić information content (AvgIpc) is 3.28. The van der Waals surface area contributed by atoms with E-state index in [2.05, 4.69) is 0 Å². The Morgan fingerprint density at radius 2 is 1.71 bits per heavy atom. The molecular formula is C25H20NNaO7S. The van der Waals surface area contributed by atoms with Crippen LogP contribution < -0.4 is 53.2 Å². The number of aliphatic carboxylic acids is 1. The molecule has 2 aliphatic rings.